The summed E-state index contributed by atoms with van der Waals surface area (Å²) in [7, 11) is 2.06. The summed E-state index contributed by atoms with van der Waals surface area (Å²) in [5, 5.41) is 8.60. The molecule has 0 saturated heterocycles. The SMILES string of the molecule is CN(Cc1ccc(F)c(C=CC(=O)O)c1)CC1CCC1. The van der Waals surface area contributed by atoms with Crippen LogP contribution in [-0.4, -0.2) is 29.6 Å². The predicted octanol–water partition coefficient (Wildman–Crippen LogP) is 3.16. The molecular formula is C16H20FNO2. The minimum absolute atomic E-state index is 0.321. The first kappa shape index (κ1) is 14.7. The number of hydrogen-bond donors (Lipinski definition) is 1. The smallest absolute Gasteiger partial charge is 0.328 e. The molecule has 0 aliphatic heterocycles. The van der Waals surface area contributed by atoms with Crippen LogP contribution in [0, 0.1) is 11.7 Å². The van der Waals surface area contributed by atoms with Crippen LogP contribution in [0.15, 0.2) is 24.3 Å². The van der Waals surface area contributed by atoms with Crippen molar-refractivity contribution in [3.05, 3.63) is 41.2 Å². The van der Waals surface area contributed by atoms with Crippen molar-refractivity contribution in [3.8, 4) is 0 Å². The number of hydrogen-bond acceptors (Lipinski definition) is 2. The van der Waals surface area contributed by atoms with Crippen LogP contribution in [0.1, 0.15) is 30.4 Å². The lowest BCUT2D eigenvalue weighted by atomic mass is 9.85. The van der Waals surface area contributed by atoms with Gasteiger partial charge in [0.1, 0.15) is 5.82 Å². The van der Waals surface area contributed by atoms with Gasteiger partial charge in [-0.05, 0) is 49.6 Å². The Hall–Kier alpha value is -1.68. The molecule has 2 rings (SSSR count). The van der Waals surface area contributed by atoms with Crippen molar-refractivity contribution in [2.75, 3.05) is 13.6 Å². The fraction of sp³-hybridized carbons (Fsp3) is 0.438. The fourth-order valence-corrected chi connectivity index (χ4v) is 2.47. The van der Waals surface area contributed by atoms with E-state index in [-0.39, 0.29) is 0 Å². The Balaban J connectivity index is 2.00. The topological polar surface area (TPSA) is 40.5 Å². The van der Waals surface area contributed by atoms with Crippen LogP contribution in [0.2, 0.25) is 0 Å². The first-order valence-corrected chi connectivity index (χ1v) is 6.92. The maximum absolute atomic E-state index is 13.6. The largest absolute Gasteiger partial charge is 0.478 e. The van der Waals surface area contributed by atoms with Gasteiger partial charge in [0, 0.05) is 24.7 Å². The van der Waals surface area contributed by atoms with Gasteiger partial charge in [-0.15, -0.1) is 0 Å². The Labute approximate surface area is 118 Å². The molecule has 1 aromatic rings. The van der Waals surface area contributed by atoms with Gasteiger partial charge in [-0.25, -0.2) is 9.18 Å². The van der Waals surface area contributed by atoms with Gasteiger partial charge in [0.05, 0.1) is 0 Å². The molecule has 1 aromatic carbocycles. The lowest BCUT2D eigenvalue weighted by Crippen LogP contribution is -2.29. The van der Waals surface area contributed by atoms with E-state index in [2.05, 4.69) is 11.9 Å². The number of benzene rings is 1. The van der Waals surface area contributed by atoms with Crippen molar-refractivity contribution in [2.45, 2.75) is 25.8 Å². The molecular weight excluding hydrogens is 257 g/mol. The molecule has 0 atom stereocenters. The molecule has 0 bridgehead atoms. The zero-order chi connectivity index (χ0) is 14.5. The second kappa shape index (κ2) is 6.66. The van der Waals surface area contributed by atoms with Gasteiger partial charge in [-0.2, -0.15) is 0 Å². The average Bonchev–Trinajstić information content (AvgIpc) is 2.34. The number of carboxylic acid groups (broad SMARTS) is 1. The van der Waals surface area contributed by atoms with E-state index in [9.17, 15) is 9.18 Å². The van der Waals surface area contributed by atoms with Crippen molar-refractivity contribution >= 4 is 12.0 Å². The second-order valence-electron chi connectivity index (χ2n) is 5.52. The van der Waals surface area contributed by atoms with Gasteiger partial charge < -0.3 is 10.0 Å². The van der Waals surface area contributed by atoms with Crippen LogP contribution >= 0.6 is 0 Å². The Morgan fingerprint density at radius 2 is 2.25 bits per heavy atom. The maximum Gasteiger partial charge on any atom is 0.328 e. The first-order chi connectivity index (χ1) is 9.54. The zero-order valence-corrected chi connectivity index (χ0v) is 11.7. The normalized spacial score (nSPS) is 15.8. The number of carbonyl (C=O) groups is 1. The van der Waals surface area contributed by atoms with E-state index >= 15 is 0 Å². The molecule has 0 amide bonds. The molecule has 1 fully saturated rings. The highest BCUT2D eigenvalue weighted by molar-refractivity contribution is 5.85. The molecule has 0 spiro atoms. The Morgan fingerprint density at radius 3 is 2.85 bits per heavy atom. The molecule has 4 heteroatoms. The summed E-state index contributed by atoms with van der Waals surface area (Å²) in [5.41, 5.74) is 1.32. The van der Waals surface area contributed by atoms with E-state index in [1.54, 1.807) is 12.1 Å². The van der Waals surface area contributed by atoms with Crippen LogP contribution < -0.4 is 0 Å². The van der Waals surface area contributed by atoms with Gasteiger partial charge >= 0.3 is 5.97 Å². The fourth-order valence-electron chi connectivity index (χ4n) is 2.47. The summed E-state index contributed by atoms with van der Waals surface area (Å²) >= 11 is 0. The van der Waals surface area contributed by atoms with Gasteiger partial charge in [-0.1, -0.05) is 12.5 Å². The average molecular weight is 277 g/mol. The minimum atomic E-state index is -1.07. The van der Waals surface area contributed by atoms with Crippen LogP contribution in [0.5, 0.6) is 0 Å². The summed E-state index contributed by atoms with van der Waals surface area (Å²) in [6.07, 6.45) is 6.20. The van der Waals surface area contributed by atoms with E-state index < -0.39 is 11.8 Å². The van der Waals surface area contributed by atoms with Gasteiger partial charge in [0.25, 0.3) is 0 Å². The summed E-state index contributed by atoms with van der Waals surface area (Å²) in [6.45, 7) is 1.82. The number of carboxylic acids is 1. The van der Waals surface area contributed by atoms with Crippen molar-refractivity contribution in [1.82, 2.24) is 4.90 Å². The number of nitrogens with zero attached hydrogens (tertiary/aromatic N) is 1. The lowest BCUT2D eigenvalue weighted by molar-refractivity contribution is -0.131. The third kappa shape index (κ3) is 4.17. The van der Waals surface area contributed by atoms with E-state index in [1.807, 2.05) is 0 Å². The van der Waals surface area contributed by atoms with Crippen LogP contribution in [-0.2, 0) is 11.3 Å². The summed E-state index contributed by atoms with van der Waals surface area (Å²) in [4.78, 5) is 12.7. The van der Waals surface area contributed by atoms with Crippen LogP contribution in [0.25, 0.3) is 6.08 Å². The molecule has 0 radical (unpaired) electrons. The molecule has 0 unspecified atom stereocenters. The summed E-state index contributed by atoms with van der Waals surface area (Å²) in [5.74, 6) is -0.670. The van der Waals surface area contributed by atoms with Crippen LogP contribution in [0.3, 0.4) is 0 Å². The summed E-state index contributed by atoms with van der Waals surface area (Å²) < 4.78 is 13.6. The minimum Gasteiger partial charge on any atom is -0.478 e. The maximum atomic E-state index is 13.6. The highest BCUT2D eigenvalue weighted by Gasteiger charge is 2.19. The third-order valence-corrected chi connectivity index (χ3v) is 3.71. The molecule has 1 N–H and O–H groups in total. The Morgan fingerprint density at radius 1 is 1.50 bits per heavy atom. The standard InChI is InChI=1S/C16H20FNO2/c1-18(10-12-3-2-4-12)11-13-5-7-15(17)14(9-13)6-8-16(19)20/h5-9,12H,2-4,10-11H2,1H3,(H,19,20). The lowest BCUT2D eigenvalue weighted by Gasteiger charge is -2.30. The van der Waals surface area contributed by atoms with E-state index in [0.29, 0.717) is 5.56 Å². The monoisotopic (exact) mass is 277 g/mol. The number of halogens is 1. The highest BCUT2D eigenvalue weighted by atomic mass is 19.1. The highest BCUT2D eigenvalue weighted by Crippen LogP contribution is 2.27. The Kier molecular flexibility index (Phi) is 4.90. The molecule has 1 saturated carbocycles. The zero-order valence-electron chi connectivity index (χ0n) is 11.7. The molecule has 20 heavy (non-hydrogen) atoms. The van der Waals surface area contributed by atoms with E-state index in [0.717, 1.165) is 30.6 Å². The molecule has 0 aromatic heterocycles. The van der Waals surface area contributed by atoms with Gasteiger partial charge in [0.2, 0.25) is 0 Å². The predicted molar refractivity (Wildman–Crippen MR) is 76.7 cm³/mol. The van der Waals surface area contributed by atoms with E-state index in [4.69, 9.17) is 5.11 Å². The van der Waals surface area contributed by atoms with Crippen molar-refractivity contribution in [2.24, 2.45) is 5.92 Å². The Bertz CT molecular complexity index is 509. The van der Waals surface area contributed by atoms with Crippen molar-refractivity contribution in [1.29, 1.82) is 0 Å². The third-order valence-electron chi connectivity index (χ3n) is 3.71. The van der Waals surface area contributed by atoms with Crippen molar-refractivity contribution in [3.63, 3.8) is 0 Å². The van der Waals surface area contributed by atoms with Gasteiger partial charge in [-0.3, -0.25) is 0 Å². The van der Waals surface area contributed by atoms with Crippen molar-refractivity contribution < 1.29 is 14.3 Å². The van der Waals surface area contributed by atoms with E-state index in [1.165, 1.54) is 31.4 Å². The molecule has 0 heterocycles. The van der Waals surface area contributed by atoms with Gasteiger partial charge in [0.15, 0.2) is 0 Å². The quantitative estimate of drug-likeness (QED) is 0.812. The molecule has 1 aliphatic rings. The number of aliphatic carboxylic acids is 1. The number of rotatable bonds is 6. The van der Waals surface area contributed by atoms with Crippen LogP contribution in [0.4, 0.5) is 4.39 Å². The first-order valence-electron chi connectivity index (χ1n) is 6.92. The molecule has 1 aliphatic carbocycles. The second-order valence-corrected chi connectivity index (χ2v) is 5.52. The molecule has 3 nitrogen and oxygen atoms in total. The summed E-state index contributed by atoms with van der Waals surface area (Å²) in [6, 6.07) is 4.87. The molecule has 108 valence electrons.